The Hall–Kier alpha value is -0.810. The molecule has 0 radical (unpaired) electrons. The van der Waals surface area contributed by atoms with E-state index in [1.807, 2.05) is 0 Å². The Morgan fingerprint density at radius 1 is 1.02 bits per heavy atom. The molecule has 3 saturated heterocycles. The number of fused-ring (bicyclic) bond motifs is 4. The molecule has 0 bridgehead atoms. The van der Waals surface area contributed by atoms with Gasteiger partial charge in [-0.05, 0) is 129 Å². The maximum Gasteiger partial charge on any atom is 0.332 e. The summed E-state index contributed by atoms with van der Waals surface area (Å²) in [6, 6.07) is 0.525. The monoisotopic (exact) mass is 716 g/mol. The number of hydrogen-bond donors (Lipinski definition) is 1. The number of morpholine rings is 1. The summed E-state index contributed by atoms with van der Waals surface area (Å²) in [5, 5.41) is 11.3. The minimum absolute atomic E-state index is 0.0992. The molecule has 5 aliphatic carbocycles. The number of rotatable bonds is 9. The molecule has 0 aromatic carbocycles. The molecule has 8 rings (SSSR count). The quantitative estimate of drug-likeness (QED) is 0.273. The summed E-state index contributed by atoms with van der Waals surface area (Å²) in [6.45, 7) is 22.5. The second kappa shape index (κ2) is 12.9. The van der Waals surface area contributed by atoms with Gasteiger partial charge in [0.1, 0.15) is 12.7 Å². The molecule has 8 fully saturated rings. The number of esters is 1. The Morgan fingerprint density at radius 2 is 1.76 bits per heavy atom. The van der Waals surface area contributed by atoms with Crippen molar-refractivity contribution in [1.29, 1.82) is 0 Å². The van der Waals surface area contributed by atoms with Crippen molar-refractivity contribution in [1.82, 2.24) is 4.90 Å². The van der Waals surface area contributed by atoms with Gasteiger partial charge in [-0.3, -0.25) is 4.90 Å². The minimum atomic E-state index is -1.15. The van der Waals surface area contributed by atoms with Crippen molar-refractivity contribution in [3.8, 4) is 0 Å². The largest absolute Gasteiger partial charge is 0.464 e. The highest BCUT2D eigenvalue weighted by Gasteiger charge is 2.82. The summed E-state index contributed by atoms with van der Waals surface area (Å²) in [7, 11) is 0. The Bertz CT molecular complexity index is 1310. The molecular formula is C42H69NO8. The Balaban J connectivity index is 0.999. The van der Waals surface area contributed by atoms with E-state index in [-0.39, 0.29) is 47.5 Å². The van der Waals surface area contributed by atoms with Gasteiger partial charge in [-0.2, -0.15) is 0 Å². The van der Waals surface area contributed by atoms with Crippen LogP contribution in [-0.2, 0) is 33.2 Å². The van der Waals surface area contributed by atoms with E-state index in [0.717, 1.165) is 52.2 Å². The van der Waals surface area contributed by atoms with Gasteiger partial charge in [-0.15, -0.1) is 0 Å². The number of hydrogen-bond acceptors (Lipinski definition) is 9. The predicted molar refractivity (Wildman–Crippen MR) is 193 cm³/mol. The van der Waals surface area contributed by atoms with Gasteiger partial charge < -0.3 is 33.5 Å². The molecule has 0 aromatic rings. The van der Waals surface area contributed by atoms with Crippen LogP contribution in [0.5, 0.6) is 0 Å². The fourth-order valence-electron chi connectivity index (χ4n) is 14.8. The van der Waals surface area contributed by atoms with E-state index in [1.165, 1.54) is 44.9 Å². The zero-order chi connectivity index (χ0) is 36.2. The molecule has 9 unspecified atom stereocenters. The summed E-state index contributed by atoms with van der Waals surface area (Å²) in [5.41, 5.74) is 0.209. The van der Waals surface area contributed by atoms with Crippen LogP contribution in [0.2, 0.25) is 0 Å². The van der Waals surface area contributed by atoms with Gasteiger partial charge in [0.15, 0.2) is 6.29 Å². The van der Waals surface area contributed by atoms with E-state index in [4.69, 9.17) is 28.4 Å². The smallest absolute Gasteiger partial charge is 0.332 e. The average molecular weight is 716 g/mol. The number of ether oxygens (including phenoxy) is 6. The number of nitrogens with zero attached hydrogens (tertiary/aromatic N) is 1. The van der Waals surface area contributed by atoms with Gasteiger partial charge in [0, 0.05) is 6.54 Å². The lowest BCUT2D eigenvalue weighted by molar-refractivity contribution is -0.241. The fourth-order valence-corrected chi connectivity index (χ4v) is 14.8. The van der Waals surface area contributed by atoms with Crippen molar-refractivity contribution in [3.05, 3.63) is 0 Å². The van der Waals surface area contributed by atoms with Crippen molar-refractivity contribution in [3.63, 3.8) is 0 Å². The Kier molecular flexibility index (Phi) is 9.37. The summed E-state index contributed by atoms with van der Waals surface area (Å²) < 4.78 is 37.2. The number of carbonyl (C=O) groups excluding carboxylic acids is 1. The van der Waals surface area contributed by atoms with Crippen molar-refractivity contribution < 1.29 is 38.3 Å². The molecule has 1 N–H and O–H groups in total. The number of carbonyl (C=O) groups is 1. The highest BCUT2D eigenvalue weighted by molar-refractivity contribution is 5.70. The van der Waals surface area contributed by atoms with Crippen LogP contribution in [0, 0.1) is 50.7 Å². The van der Waals surface area contributed by atoms with E-state index in [2.05, 4.69) is 39.5 Å². The molecule has 290 valence electrons. The molecule has 9 nitrogen and oxygen atoms in total. The lowest BCUT2D eigenvalue weighted by Crippen LogP contribution is -2.58. The third kappa shape index (κ3) is 5.65. The van der Waals surface area contributed by atoms with Gasteiger partial charge in [0.2, 0.25) is 0 Å². The molecular weight excluding hydrogens is 646 g/mol. The summed E-state index contributed by atoms with van der Waals surface area (Å²) in [5.74, 6) is 1.92. The SMILES string of the molecule is CCOC(=O)COC([C@H]1C[C@@H](C)C2[C@@H](C[C@@]3(C)C4CCC5C(C)(C)C(OC6CN(C7COC7)CCO6)CCCC56CC46CCC23C)O1)C(C)(C)O. The van der Waals surface area contributed by atoms with Gasteiger partial charge in [-0.25, -0.2) is 4.79 Å². The first-order valence-corrected chi connectivity index (χ1v) is 20.8. The topological polar surface area (TPSA) is 95.9 Å². The lowest BCUT2D eigenvalue weighted by atomic mass is 9.43. The van der Waals surface area contributed by atoms with Crippen LogP contribution < -0.4 is 0 Å². The molecule has 0 aromatic heterocycles. The van der Waals surface area contributed by atoms with Crippen molar-refractivity contribution in [2.24, 2.45) is 50.7 Å². The van der Waals surface area contributed by atoms with Gasteiger partial charge >= 0.3 is 5.97 Å². The van der Waals surface area contributed by atoms with Gasteiger partial charge in [0.25, 0.3) is 0 Å². The normalized spacial score (nSPS) is 48.5. The van der Waals surface area contributed by atoms with Crippen molar-refractivity contribution >= 4 is 5.97 Å². The Morgan fingerprint density at radius 3 is 2.47 bits per heavy atom. The van der Waals surface area contributed by atoms with Crippen LogP contribution in [0.4, 0.5) is 0 Å². The molecule has 3 heterocycles. The van der Waals surface area contributed by atoms with Gasteiger partial charge in [-0.1, -0.05) is 41.0 Å². The summed E-state index contributed by atoms with van der Waals surface area (Å²) >= 11 is 0. The van der Waals surface area contributed by atoms with Crippen LogP contribution in [-0.4, -0.2) is 104 Å². The summed E-state index contributed by atoms with van der Waals surface area (Å²) in [6.07, 6.45) is 11.6. The molecule has 13 atom stereocenters. The van der Waals surface area contributed by atoms with Crippen LogP contribution in [0.3, 0.4) is 0 Å². The highest BCUT2D eigenvalue weighted by atomic mass is 16.7. The molecule has 5 saturated carbocycles. The van der Waals surface area contributed by atoms with Crippen molar-refractivity contribution in [2.45, 2.75) is 162 Å². The molecule has 51 heavy (non-hydrogen) atoms. The zero-order valence-corrected chi connectivity index (χ0v) is 33.0. The number of aliphatic hydroxyl groups is 1. The zero-order valence-electron chi connectivity index (χ0n) is 33.0. The van der Waals surface area contributed by atoms with Gasteiger partial charge in [0.05, 0.1) is 62.9 Å². The van der Waals surface area contributed by atoms with Crippen LogP contribution in [0.15, 0.2) is 0 Å². The van der Waals surface area contributed by atoms with E-state index in [0.29, 0.717) is 47.2 Å². The molecule has 3 aliphatic heterocycles. The van der Waals surface area contributed by atoms with Crippen molar-refractivity contribution in [2.75, 3.05) is 46.1 Å². The van der Waals surface area contributed by atoms with E-state index in [9.17, 15) is 9.90 Å². The molecule has 8 aliphatic rings. The van der Waals surface area contributed by atoms with Crippen LogP contribution in [0.1, 0.15) is 120 Å². The molecule has 9 heteroatoms. The fraction of sp³-hybridized carbons (Fsp3) is 0.976. The Labute approximate surface area is 307 Å². The molecule has 0 amide bonds. The third-order valence-corrected chi connectivity index (χ3v) is 17.1. The van der Waals surface area contributed by atoms with E-state index >= 15 is 0 Å². The predicted octanol–water partition coefficient (Wildman–Crippen LogP) is 6.38. The highest BCUT2D eigenvalue weighted by Crippen LogP contribution is 2.89. The average Bonchev–Trinajstić information content (AvgIpc) is 3.64. The first kappa shape index (κ1) is 37.1. The first-order valence-electron chi connectivity index (χ1n) is 20.8. The third-order valence-electron chi connectivity index (χ3n) is 17.1. The standard InChI is InChI=1S/C42H69NO8/c1-9-47-33(44)24-49-36(38(5,6)45)28-19-26(2)35-29(50-28)20-40(8)31-13-12-30-37(3,4)32(51-34-21-43(17-18-48-34)27-22-46-23-27)11-10-14-41(30)25-42(31,41)16-15-39(35,40)7/h26-32,34-36,45H,9-25H2,1-8H3/t26-,28-,29-,30?,31?,32?,34?,35?,36?,39?,40+,41?,42?/m1/s1. The summed E-state index contributed by atoms with van der Waals surface area (Å²) in [4.78, 5) is 14.8. The lowest BCUT2D eigenvalue weighted by Gasteiger charge is -2.62. The maximum atomic E-state index is 12.3. The van der Waals surface area contributed by atoms with E-state index in [1.54, 1.807) is 20.8 Å². The second-order valence-corrected chi connectivity index (χ2v) is 20.2. The van der Waals surface area contributed by atoms with E-state index < -0.39 is 17.7 Å². The van der Waals surface area contributed by atoms with Crippen LogP contribution in [0.25, 0.3) is 0 Å². The van der Waals surface area contributed by atoms with Crippen LogP contribution >= 0.6 is 0 Å². The second-order valence-electron chi connectivity index (χ2n) is 20.2. The maximum absolute atomic E-state index is 12.3. The minimum Gasteiger partial charge on any atom is -0.464 e. The molecule has 2 spiro atoms. The first-order chi connectivity index (χ1) is 24.1.